The SMILES string of the molecule is CCC[C@H](C)C(C)(OC)C(=O)O. The quantitative estimate of drug-likeness (QED) is 0.692. The minimum atomic E-state index is -1.03. The molecule has 1 N–H and O–H groups in total. The van der Waals surface area contributed by atoms with Crippen LogP contribution in [0.5, 0.6) is 0 Å². The molecule has 72 valence electrons. The molecule has 0 spiro atoms. The summed E-state index contributed by atoms with van der Waals surface area (Å²) in [7, 11) is 1.44. The largest absolute Gasteiger partial charge is 0.479 e. The van der Waals surface area contributed by atoms with E-state index in [0.717, 1.165) is 12.8 Å². The van der Waals surface area contributed by atoms with Gasteiger partial charge in [0.25, 0.3) is 0 Å². The molecule has 0 rings (SSSR count). The van der Waals surface area contributed by atoms with Gasteiger partial charge in [0.05, 0.1) is 0 Å². The van der Waals surface area contributed by atoms with Gasteiger partial charge in [-0.05, 0) is 19.3 Å². The second-order valence-corrected chi connectivity index (χ2v) is 3.31. The zero-order valence-electron chi connectivity index (χ0n) is 8.26. The van der Waals surface area contributed by atoms with Crippen molar-refractivity contribution in [3.63, 3.8) is 0 Å². The van der Waals surface area contributed by atoms with Crippen molar-refractivity contribution in [3.05, 3.63) is 0 Å². The number of aliphatic carboxylic acids is 1. The smallest absolute Gasteiger partial charge is 0.335 e. The Labute approximate surface area is 73.7 Å². The van der Waals surface area contributed by atoms with Gasteiger partial charge in [-0.3, -0.25) is 0 Å². The minimum absolute atomic E-state index is 0.0463. The predicted molar refractivity (Wildman–Crippen MR) is 47.1 cm³/mol. The van der Waals surface area contributed by atoms with E-state index in [1.165, 1.54) is 7.11 Å². The number of ether oxygens (including phenoxy) is 1. The summed E-state index contributed by atoms with van der Waals surface area (Å²) < 4.78 is 5.01. The molecule has 0 aromatic heterocycles. The van der Waals surface area contributed by atoms with Gasteiger partial charge in [-0.25, -0.2) is 4.79 Å². The van der Waals surface area contributed by atoms with Gasteiger partial charge in [-0.15, -0.1) is 0 Å². The summed E-state index contributed by atoms with van der Waals surface area (Å²) in [6, 6.07) is 0. The third-order valence-corrected chi connectivity index (χ3v) is 2.51. The molecule has 0 aromatic carbocycles. The highest BCUT2D eigenvalue weighted by atomic mass is 16.5. The average molecular weight is 174 g/mol. The van der Waals surface area contributed by atoms with Gasteiger partial charge in [0, 0.05) is 7.11 Å². The molecule has 0 fully saturated rings. The van der Waals surface area contributed by atoms with Gasteiger partial charge in [-0.1, -0.05) is 20.3 Å². The first-order chi connectivity index (χ1) is 5.49. The molecule has 2 atom stereocenters. The minimum Gasteiger partial charge on any atom is -0.479 e. The molecule has 12 heavy (non-hydrogen) atoms. The lowest BCUT2D eigenvalue weighted by Gasteiger charge is -2.29. The van der Waals surface area contributed by atoms with Crippen molar-refractivity contribution < 1.29 is 14.6 Å². The van der Waals surface area contributed by atoms with Crippen molar-refractivity contribution in [2.75, 3.05) is 7.11 Å². The van der Waals surface area contributed by atoms with Crippen LogP contribution >= 0.6 is 0 Å². The van der Waals surface area contributed by atoms with E-state index in [2.05, 4.69) is 0 Å². The molecule has 0 radical (unpaired) electrons. The van der Waals surface area contributed by atoms with E-state index in [1.54, 1.807) is 6.92 Å². The van der Waals surface area contributed by atoms with Gasteiger partial charge in [-0.2, -0.15) is 0 Å². The summed E-state index contributed by atoms with van der Waals surface area (Å²) in [5.74, 6) is -0.837. The number of methoxy groups -OCH3 is 1. The molecule has 3 nitrogen and oxygen atoms in total. The van der Waals surface area contributed by atoms with Crippen molar-refractivity contribution in [3.8, 4) is 0 Å². The Hall–Kier alpha value is -0.570. The van der Waals surface area contributed by atoms with E-state index in [-0.39, 0.29) is 5.92 Å². The highest BCUT2D eigenvalue weighted by Gasteiger charge is 2.38. The van der Waals surface area contributed by atoms with E-state index in [4.69, 9.17) is 9.84 Å². The highest BCUT2D eigenvalue weighted by molar-refractivity contribution is 5.77. The molecule has 0 heterocycles. The Bertz CT molecular complexity index is 156. The van der Waals surface area contributed by atoms with Crippen LogP contribution in [0.25, 0.3) is 0 Å². The Morgan fingerprint density at radius 2 is 2.17 bits per heavy atom. The van der Waals surface area contributed by atoms with E-state index in [9.17, 15) is 4.79 Å². The monoisotopic (exact) mass is 174 g/mol. The molecule has 0 aliphatic carbocycles. The molecule has 0 saturated heterocycles. The lowest BCUT2D eigenvalue weighted by molar-refractivity contribution is -0.166. The first-order valence-corrected chi connectivity index (χ1v) is 4.27. The van der Waals surface area contributed by atoms with Gasteiger partial charge in [0.2, 0.25) is 0 Å². The van der Waals surface area contributed by atoms with Crippen LogP contribution in [0.15, 0.2) is 0 Å². The van der Waals surface area contributed by atoms with Crippen molar-refractivity contribution in [2.45, 2.75) is 39.2 Å². The van der Waals surface area contributed by atoms with Crippen molar-refractivity contribution in [1.82, 2.24) is 0 Å². The van der Waals surface area contributed by atoms with Crippen molar-refractivity contribution in [1.29, 1.82) is 0 Å². The summed E-state index contributed by atoms with van der Waals surface area (Å²) in [6.07, 6.45) is 1.85. The van der Waals surface area contributed by atoms with Crippen molar-refractivity contribution >= 4 is 5.97 Å². The van der Waals surface area contributed by atoms with Crippen LogP contribution in [-0.2, 0) is 9.53 Å². The topological polar surface area (TPSA) is 46.5 Å². The number of rotatable bonds is 5. The Morgan fingerprint density at radius 1 is 1.67 bits per heavy atom. The summed E-state index contributed by atoms with van der Waals surface area (Å²) in [6.45, 7) is 5.56. The summed E-state index contributed by atoms with van der Waals surface area (Å²) in [5.41, 5.74) is -1.03. The van der Waals surface area contributed by atoms with Gasteiger partial charge < -0.3 is 9.84 Å². The third kappa shape index (κ3) is 2.21. The molecule has 0 saturated carbocycles. The molecule has 0 aromatic rings. The first kappa shape index (κ1) is 11.4. The van der Waals surface area contributed by atoms with Gasteiger partial charge >= 0.3 is 5.97 Å². The van der Waals surface area contributed by atoms with Crippen LogP contribution < -0.4 is 0 Å². The molecular weight excluding hydrogens is 156 g/mol. The number of hydrogen-bond acceptors (Lipinski definition) is 2. The lowest BCUT2D eigenvalue weighted by Crippen LogP contribution is -2.43. The molecule has 3 heteroatoms. The van der Waals surface area contributed by atoms with Gasteiger partial charge in [0.15, 0.2) is 5.60 Å². The summed E-state index contributed by atoms with van der Waals surface area (Å²) in [4.78, 5) is 10.8. The van der Waals surface area contributed by atoms with Crippen LogP contribution in [0.4, 0.5) is 0 Å². The van der Waals surface area contributed by atoms with Crippen LogP contribution in [0.1, 0.15) is 33.6 Å². The maximum absolute atomic E-state index is 10.8. The maximum atomic E-state index is 10.8. The standard InChI is InChI=1S/C9H18O3/c1-5-6-7(2)9(3,12-4)8(10)11/h7H,5-6H2,1-4H3,(H,10,11)/t7-,9?/m0/s1. The zero-order valence-corrected chi connectivity index (χ0v) is 8.26. The highest BCUT2D eigenvalue weighted by Crippen LogP contribution is 2.25. The number of hydrogen-bond donors (Lipinski definition) is 1. The van der Waals surface area contributed by atoms with Crippen LogP contribution in [0.2, 0.25) is 0 Å². The van der Waals surface area contributed by atoms with Crippen LogP contribution in [-0.4, -0.2) is 23.8 Å². The summed E-state index contributed by atoms with van der Waals surface area (Å²) in [5, 5.41) is 8.90. The van der Waals surface area contributed by atoms with Crippen molar-refractivity contribution in [2.24, 2.45) is 5.92 Å². The number of carboxylic acids is 1. The molecule has 0 aliphatic rings. The predicted octanol–water partition coefficient (Wildman–Crippen LogP) is 1.91. The fourth-order valence-corrected chi connectivity index (χ4v) is 1.21. The number of carbonyl (C=O) groups is 1. The second-order valence-electron chi connectivity index (χ2n) is 3.31. The van der Waals surface area contributed by atoms with E-state index in [1.807, 2.05) is 13.8 Å². The van der Waals surface area contributed by atoms with E-state index < -0.39 is 11.6 Å². The zero-order chi connectivity index (χ0) is 9.78. The Morgan fingerprint density at radius 3 is 2.42 bits per heavy atom. The second kappa shape index (κ2) is 4.45. The average Bonchev–Trinajstić information content (AvgIpc) is 2.03. The third-order valence-electron chi connectivity index (χ3n) is 2.51. The Kier molecular flexibility index (Phi) is 4.24. The first-order valence-electron chi connectivity index (χ1n) is 4.27. The maximum Gasteiger partial charge on any atom is 0.335 e. The molecular formula is C9H18O3. The van der Waals surface area contributed by atoms with Crippen LogP contribution in [0.3, 0.4) is 0 Å². The van der Waals surface area contributed by atoms with Crippen LogP contribution in [0, 0.1) is 5.92 Å². The fraction of sp³-hybridized carbons (Fsp3) is 0.889. The fourth-order valence-electron chi connectivity index (χ4n) is 1.21. The van der Waals surface area contributed by atoms with E-state index in [0.29, 0.717) is 0 Å². The molecule has 0 amide bonds. The normalized spacial score (nSPS) is 18.3. The number of carboxylic acid groups (broad SMARTS) is 1. The molecule has 1 unspecified atom stereocenters. The molecule has 0 aliphatic heterocycles. The Balaban J connectivity index is 4.39. The molecule has 0 bridgehead atoms. The van der Waals surface area contributed by atoms with E-state index >= 15 is 0 Å². The van der Waals surface area contributed by atoms with Gasteiger partial charge in [0.1, 0.15) is 0 Å². The summed E-state index contributed by atoms with van der Waals surface area (Å²) >= 11 is 0. The lowest BCUT2D eigenvalue weighted by atomic mass is 9.87.